The van der Waals surface area contributed by atoms with Gasteiger partial charge >= 0.3 is 5.97 Å². The predicted octanol–water partition coefficient (Wildman–Crippen LogP) is 5.50. The normalized spacial score (nSPS) is 17.5. The summed E-state index contributed by atoms with van der Waals surface area (Å²) in [5, 5.41) is 13.5. The Morgan fingerprint density at radius 1 is 1.03 bits per heavy atom. The number of hydrogen-bond donors (Lipinski definition) is 2. The van der Waals surface area contributed by atoms with Crippen molar-refractivity contribution in [3.05, 3.63) is 113 Å². The van der Waals surface area contributed by atoms with Crippen molar-refractivity contribution >= 4 is 29.0 Å². The molecule has 3 heterocycles. The lowest BCUT2D eigenvalue weighted by molar-refractivity contribution is 0.0697. The first-order chi connectivity index (χ1) is 16.9. The number of carboxylic acids is 1. The Balaban J connectivity index is 1.72. The van der Waals surface area contributed by atoms with E-state index in [1.165, 1.54) is 6.07 Å². The number of aryl methyl sites for hydroxylation is 1. The number of carbonyl (C=O) groups is 1. The van der Waals surface area contributed by atoms with E-state index in [1.807, 2.05) is 48.7 Å². The summed E-state index contributed by atoms with van der Waals surface area (Å²) in [6.45, 7) is 3.87. The van der Waals surface area contributed by atoms with Gasteiger partial charge in [-0.3, -0.25) is 4.98 Å². The van der Waals surface area contributed by atoms with Crippen molar-refractivity contribution in [2.24, 2.45) is 0 Å². The minimum absolute atomic E-state index is 0.202. The van der Waals surface area contributed by atoms with Crippen LogP contribution in [-0.4, -0.2) is 25.7 Å². The number of anilines is 1. The average Bonchev–Trinajstić information content (AvgIpc) is 3.35. The van der Waals surface area contributed by atoms with Gasteiger partial charge in [-0.05, 0) is 74.1 Å². The number of pyridine rings is 1. The molecule has 1 saturated heterocycles. The number of benzene rings is 2. The zero-order chi connectivity index (χ0) is 24.7. The van der Waals surface area contributed by atoms with E-state index in [4.69, 9.17) is 12.2 Å². The fourth-order valence-electron chi connectivity index (χ4n) is 4.88. The lowest BCUT2D eigenvalue weighted by Gasteiger charge is -2.28. The second-order valence-electron chi connectivity index (χ2n) is 8.43. The number of para-hydroxylation sites is 2. The van der Waals surface area contributed by atoms with E-state index in [1.54, 1.807) is 47.5 Å². The Kier molecular flexibility index (Phi) is 5.82. The zero-order valence-corrected chi connectivity index (χ0v) is 20.0. The number of carboxylic acid groups (broad SMARTS) is 1. The molecule has 0 aliphatic carbocycles. The monoisotopic (exact) mass is 486 g/mol. The molecule has 4 aromatic rings. The molecule has 0 saturated carbocycles. The molecule has 5 rings (SSSR count). The van der Waals surface area contributed by atoms with Crippen molar-refractivity contribution in [1.29, 1.82) is 0 Å². The third kappa shape index (κ3) is 3.85. The van der Waals surface area contributed by atoms with Gasteiger partial charge < -0.3 is 19.9 Å². The van der Waals surface area contributed by atoms with Gasteiger partial charge in [0.1, 0.15) is 5.82 Å². The molecule has 2 aromatic heterocycles. The number of aromatic carboxylic acids is 1. The molecule has 176 valence electrons. The van der Waals surface area contributed by atoms with Crippen LogP contribution in [0.3, 0.4) is 0 Å². The highest BCUT2D eigenvalue weighted by atomic mass is 32.1. The SMILES string of the molecule is Cc1cc([C@H]2[C@@H](c3ccccn3)NC(=S)N2c2ccccc2F)c(C)n1-c1ccccc1C(=O)O. The molecule has 0 spiro atoms. The average molecular weight is 487 g/mol. The van der Waals surface area contributed by atoms with Gasteiger partial charge in [0.2, 0.25) is 0 Å². The maximum Gasteiger partial charge on any atom is 0.337 e. The van der Waals surface area contributed by atoms with Gasteiger partial charge in [-0.2, -0.15) is 0 Å². The van der Waals surface area contributed by atoms with Crippen LogP contribution < -0.4 is 10.2 Å². The summed E-state index contributed by atoms with van der Waals surface area (Å²) < 4.78 is 16.9. The Bertz CT molecular complexity index is 1440. The van der Waals surface area contributed by atoms with Crippen LogP contribution in [0.2, 0.25) is 0 Å². The number of rotatable bonds is 5. The first kappa shape index (κ1) is 22.7. The van der Waals surface area contributed by atoms with Gasteiger partial charge in [0.15, 0.2) is 5.11 Å². The molecule has 6 nitrogen and oxygen atoms in total. The van der Waals surface area contributed by atoms with E-state index in [-0.39, 0.29) is 17.4 Å². The van der Waals surface area contributed by atoms with E-state index >= 15 is 4.39 Å². The Hall–Kier alpha value is -4.04. The fourth-order valence-corrected chi connectivity index (χ4v) is 5.22. The quantitative estimate of drug-likeness (QED) is 0.363. The topological polar surface area (TPSA) is 70.4 Å². The molecular formula is C27H23FN4O2S. The highest BCUT2D eigenvalue weighted by molar-refractivity contribution is 7.80. The van der Waals surface area contributed by atoms with Crippen LogP contribution in [0.25, 0.3) is 5.69 Å². The first-order valence-corrected chi connectivity index (χ1v) is 11.6. The number of aromatic nitrogens is 2. The largest absolute Gasteiger partial charge is 0.478 e. The second kappa shape index (κ2) is 8.96. The molecule has 1 fully saturated rings. The standard InChI is InChI=1S/C27H23FN4O2S/c1-16-15-19(17(2)31(16)22-12-5-3-9-18(22)26(33)34)25-24(21-11-7-8-14-29-21)30-27(35)32(25)23-13-6-4-10-20(23)28/h3-15,24-25H,1-2H3,(H,30,35)(H,33,34)/t24-,25+/m1/s1. The number of nitrogens with one attached hydrogen (secondary N) is 1. The summed E-state index contributed by atoms with van der Waals surface area (Å²) in [5.74, 6) is -1.38. The van der Waals surface area contributed by atoms with Gasteiger partial charge in [0, 0.05) is 17.6 Å². The van der Waals surface area contributed by atoms with E-state index in [9.17, 15) is 9.90 Å². The van der Waals surface area contributed by atoms with E-state index in [2.05, 4.69) is 10.3 Å². The molecule has 2 atom stereocenters. The molecule has 1 aliphatic rings. The molecule has 0 amide bonds. The third-order valence-corrected chi connectivity index (χ3v) is 6.69. The van der Waals surface area contributed by atoms with Crippen LogP contribution in [0.15, 0.2) is 79.0 Å². The summed E-state index contributed by atoms with van der Waals surface area (Å²) in [4.78, 5) is 18.3. The minimum Gasteiger partial charge on any atom is -0.478 e. The molecule has 2 N–H and O–H groups in total. The number of thiocarbonyl (C=S) groups is 1. The Morgan fingerprint density at radius 2 is 1.71 bits per heavy atom. The molecule has 2 aromatic carbocycles. The third-order valence-electron chi connectivity index (χ3n) is 6.37. The molecular weight excluding hydrogens is 463 g/mol. The maximum absolute atomic E-state index is 15.0. The number of nitrogens with zero attached hydrogens (tertiary/aromatic N) is 3. The molecule has 35 heavy (non-hydrogen) atoms. The predicted molar refractivity (Wildman–Crippen MR) is 137 cm³/mol. The van der Waals surface area contributed by atoms with E-state index in [0.29, 0.717) is 16.5 Å². The van der Waals surface area contributed by atoms with Crippen molar-refractivity contribution in [2.45, 2.75) is 25.9 Å². The fraction of sp³-hybridized carbons (Fsp3) is 0.148. The highest BCUT2D eigenvalue weighted by Gasteiger charge is 2.43. The van der Waals surface area contributed by atoms with Crippen molar-refractivity contribution in [1.82, 2.24) is 14.9 Å². The van der Waals surface area contributed by atoms with Crippen LogP contribution in [0.5, 0.6) is 0 Å². The Labute approximate surface area is 207 Å². The highest BCUT2D eigenvalue weighted by Crippen LogP contribution is 2.44. The molecule has 0 bridgehead atoms. The lowest BCUT2D eigenvalue weighted by Crippen LogP contribution is -2.30. The van der Waals surface area contributed by atoms with Gasteiger partial charge in [-0.25, -0.2) is 9.18 Å². The van der Waals surface area contributed by atoms with Crippen molar-refractivity contribution in [3.8, 4) is 5.69 Å². The zero-order valence-electron chi connectivity index (χ0n) is 19.1. The summed E-state index contributed by atoms with van der Waals surface area (Å²) in [6.07, 6.45) is 1.72. The smallest absolute Gasteiger partial charge is 0.337 e. The van der Waals surface area contributed by atoms with E-state index in [0.717, 1.165) is 22.6 Å². The van der Waals surface area contributed by atoms with Crippen LogP contribution in [0.1, 0.15) is 45.1 Å². The van der Waals surface area contributed by atoms with Crippen molar-refractivity contribution in [3.63, 3.8) is 0 Å². The molecule has 1 aliphatic heterocycles. The first-order valence-electron chi connectivity index (χ1n) is 11.1. The molecule has 0 radical (unpaired) electrons. The van der Waals surface area contributed by atoms with Gasteiger partial charge in [0.05, 0.1) is 34.7 Å². The number of halogens is 1. The number of hydrogen-bond acceptors (Lipinski definition) is 3. The Morgan fingerprint density at radius 3 is 2.40 bits per heavy atom. The van der Waals surface area contributed by atoms with Crippen molar-refractivity contribution in [2.75, 3.05) is 4.90 Å². The maximum atomic E-state index is 15.0. The van der Waals surface area contributed by atoms with Gasteiger partial charge in [0.25, 0.3) is 0 Å². The lowest BCUT2D eigenvalue weighted by atomic mass is 9.96. The van der Waals surface area contributed by atoms with E-state index < -0.39 is 12.0 Å². The van der Waals surface area contributed by atoms with Gasteiger partial charge in [-0.1, -0.05) is 30.3 Å². The summed E-state index contributed by atoms with van der Waals surface area (Å²) in [5.41, 5.74) is 4.51. The molecule has 8 heteroatoms. The van der Waals surface area contributed by atoms with Crippen LogP contribution in [-0.2, 0) is 0 Å². The second-order valence-corrected chi connectivity index (χ2v) is 8.82. The minimum atomic E-state index is -1.00. The summed E-state index contributed by atoms with van der Waals surface area (Å²) >= 11 is 5.70. The van der Waals surface area contributed by atoms with Crippen LogP contribution in [0.4, 0.5) is 10.1 Å². The van der Waals surface area contributed by atoms with Gasteiger partial charge in [-0.15, -0.1) is 0 Å². The van der Waals surface area contributed by atoms with Crippen LogP contribution in [0, 0.1) is 19.7 Å². The summed E-state index contributed by atoms with van der Waals surface area (Å²) in [6, 6.07) is 20.4. The van der Waals surface area contributed by atoms with Crippen LogP contribution >= 0.6 is 12.2 Å². The summed E-state index contributed by atoms with van der Waals surface area (Å²) in [7, 11) is 0. The molecule has 0 unspecified atom stereocenters. The van der Waals surface area contributed by atoms with Crippen molar-refractivity contribution < 1.29 is 14.3 Å².